The minimum atomic E-state index is -1.38. The number of H-pyrrole nitrogens is 1. The zero-order valence-electron chi connectivity index (χ0n) is 31.0. The fraction of sp³-hybridized carbons (Fsp3) is 0.541. The number of carboxylic acid groups (broad SMARTS) is 1. The maximum atomic E-state index is 14.8. The number of ketones is 1. The highest BCUT2D eigenvalue weighted by Gasteiger charge is 2.45. The second-order valence-corrected chi connectivity index (χ2v) is 14.9. The van der Waals surface area contributed by atoms with Gasteiger partial charge in [0.1, 0.15) is 17.7 Å². The zero-order valence-corrected chi connectivity index (χ0v) is 31.0. The minimum Gasteiger partial charge on any atom is -0.465 e. The highest BCUT2D eigenvalue weighted by Crippen LogP contribution is 2.33. The van der Waals surface area contributed by atoms with Crippen LogP contribution in [0.3, 0.4) is 0 Å². The molecule has 296 valence electrons. The number of nitrogens with two attached hydrogens (primary N) is 1. The van der Waals surface area contributed by atoms with Gasteiger partial charge in [0, 0.05) is 36.7 Å². The molecule has 1 saturated heterocycles. The summed E-state index contributed by atoms with van der Waals surface area (Å²) in [5.41, 5.74) is 4.80. The lowest BCUT2D eigenvalue weighted by Gasteiger charge is -2.32. The summed E-state index contributed by atoms with van der Waals surface area (Å²) >= 11 is 0. The summed E-state index contributed by atoms with van der Waals surface area (Å²) in [7, 11) is 0. The van der Waals surface area contributed by atoms with Gasteiger partial charge in [0.05, 0.1) is 24.0 Å². The summed E-state index contributed by atoms with van der Waals surface area (Å²) in [6.07, 6.45) is 5.79. The molecule has 2 aromatic heterocycles. The lowest BCUT2D eigenvalue weighted by atomic mass is 9.84. The van der Waals surface area contributed by atoms with Crippen molar-refractivity contribution < 1.29 is 39.0 Å². The van der Waals surface area contributed by atoms with Gasteiger partial charge in [-0.25, -0.2) is 9.48 Å². The topological polar surface area (TPSA) is 272 Å². The Morgan fingerprint density at radius 3 is 2.45 bits per heavy atom. The molecular formula is C37H49N9O9. The molecule has 18 nitrogen and oxygen atoms in total. The standard InChI is InChI=1S/C37H49N9O9/c1-37(2,55)29-19-40-44-46(29)24-18-28(34(51)42-26(31(48)32(38)49)10-6-7-15-39-36(53)54)45(20-24)35(52)27(16-21-8-4-3-5-9-21)43-33(50)23-11-13-25-22(17-23)12-14-30(47)41-25/h11-14,17,19,21,24,26-28,39,55H,3-10,15-16,18,20H2,1-2H3,(H2,38,49)(H,41,47)(H,42,51)(H,43,50)(H,53,54)/t24-,26?,27?,28-/m0/s1. The summed E-state index contributed by atoms with van der Waals surface area (Å²) < 4.78 is 1.46. The van der Waals surface area contributed by atoms with Gasteiger partial charge in [0.2, 0.25) is 23.2 Å². The Morgan fingerprint density at radius 1 is 1.02 bits per heavy atom. The Labute approximate surface area is 316 Å². The molecule has 1 aromatic carbocycles. The monoisotopic (exact) mass is 763 g/mol. The van der Waals surface area contributed by atoms with E-state index in [-0.39, 0.29) is 49.4 Å². The van der Waals surface area contributed by atoms with Crippen molar-refractivity contribution in [1.82, 2.24) is 40.8 Å². The number of likely N-dealkylation sites (tertiary alicyclic amines) is 1. The largest absolute Gasteiger partial charge is 0.465 e. The molecule has 1 aliphatic heterocycles. The van der Waals surface area contributed by atoms with Gasteiger partial charge in [-0.2, -0.15) is 0 Å². The van der Waals surface area contributed by atoms with Gasteiger partial charge in [-0.05, 0) is 75.1 Å². The van der Waals surface area contributed by atoms with Gasteiger partial charge >= 0.3 is 6.09 Å². The number of unbranched alkanes of at least 4 members (excludes halogenated alkanes) is 1. The number of hydrogen-bond donors (Lipinski definition) is 7. The first kappa shape index (κ1) is 40.5. The van der Waals surface area contributed by atoms with Crippen molar-refractivity contribution in [3.8, 4) is 0 Å². The van der Waals surface area contributed by atoms with Gasteiger partial charge in [-0.1, -0.05) is 37.3 Å². The van der Waals surface area contributed by atoms with E-state index in [9.17, 15) is 38.7 Å². The number of fused-ring (bicyclic) bond motifs is 1. The highest BCUT2D eigenvalue weighted by molar-refractivity contribution is 6.37. The third kappa shape index (κ3) is 10.3. The van der Waals surface area contributed by atoms with Crippen molar-refractivity contribution in [2.45, 2.75) is 108 Å². The predicted molar refractivity (Wildman–Crippen MR) is 197 cm³/mol. The van der Waals surface area contributed by atoms with Gasteiger partial charge in [0.15, 0.2) is 0 Å². The minimum absolute atomic E-state index is 0.00298. The number of carbonyl (C=O) groups is 6. The van der Waals surface area contributed by atoms with E-state index in [2.05, 4.69) is 31.2 Å². The number of nitrogens with zero attached hydrogens (tertiary/aromatic N) is 4. The van der Waals surface area contributed by atoms with Crippen LogP contribution < -0.4 is 27.2 Å². The number of carbonyl (C=O) groups excluding carboxylic acids is 5. The Balaban J connectivity index is 1.44. The average Bonchev–Trinajstić information content (AvgIpc) is 3.82. The number of primary amides is 1. The molecule has 2 unspecified atom stereocenters. The number of pyridine rings is 1. The van der Waals surface area contributed by atoms with Gasteiger partial charge in [0.25, 0.3) is 11.8 Å². The Bertz CT molecular complexity index is 1960. The van der Waals surface area contributed by atoms with Crippen LogP contribution in [0.25, 0.3) is 10.9 Å². The molecule has 1 saturated carbocycles. The van der Waals surface area contributed by atoms with E-state index in [1.807, 2.05) is 0 Å². The van der Waals surface area contributed by atoms with Crippen molar-refractivity contribution in [3.63, 3.8) is 0 Å². The summed E-state index contributed by atoms with van der Waals surface area (Å²) in [4.78, 5) is 94.3. The van der Waals surface area contributed by atoms with Crippen LogP contribution in [0.5, 0.6) is 0 Å². The van der Waals surface area contributed by atoms with Crippen molar-refractivity contribution in [2.24, 2.45) is 11.7 Å². The number of aliphatic hydroxyl groups is 1. The number of Topliss-reactive ketones (excluding diaryl/α,β-unsaturated/α-hetero) is 1. The number of amides is 5. The molecule has 0 bridgehead atoms. The van der Waals surface area contributed by atoms with Crippen molar-refractivity contribution in [3.05, 3.63) is 58.1 Å². The fourth-order valence-corrected chi connectivity index (χ4v) is 7.53. The molecule has 2 aliphatic rings. The lowest BCUT2D eigenvalue weighted by Crippen LogP contribution is -2.56. The van der Waals surface area contributed by atoms with E-state index in [1.54, 1.807) is 38.1 Å². The average molecular weight is 764 g/mol. The lowest BCUT2D eigenvalue weighted by molar-refractivity contribution is -0.142. The van der Waals surface area contributed by atoms with Crippen LogP contribution in [-0.2, 0) is 24.8 Å². The van der Waals surface area contributed by atoms with E-state index in [4.69, 9.17) is 10.8 Å². The van der Waals surface area contributed by atoms with Gasteiger partial charge in [-0.3, -0.25) is 28.8 Å². The number of hydrogen-bond acceptors (Lipinski definition) is 10. The molecule has 2 fully saturated rings. The Morgan fingerprint density at radius 2 is 1.76 bits per heavy atom. The van der Waals surface area contributed by atoms with E-state index in [0.717, 1.165) is 32.1 Å². The number of benzene rings is 1. The summed E-state index contributed by atoms with van der Waals surface area (Å²) in [5, 5.41) is 36.2. The van der Waals surface area contributed by atoms with Crippen LogP contribution in [0.15, 0.2) is 41.3 Å². The highest BCUT2D eigenvalue weighted by atomic mass is 16.4. The number of aromatic amines is 1. The number of nitrogens with one attached hydrogen (secondary N) is 4. The van der Waals surface area contributed by atoms with Crippen molar-refractivity contribution in [1.29, 1.82) is 0 Å². The van der Waals surface area contributed by atoms with Crippen molar-refractivity contribution >= 4 is 46.4 Å². The van der Waals surface area contributed by atoms with Gasteiger partial charge in [-0.15, -0.1) is 5.10 Å². The first-order valence-electron chi connectivity index (χ1n) is 18.6. The van der Waals surface area contributed by atoms with E-state index < -0.39 is 65.3 Å². The first-order chi connectivity index (χ1) is 26.1. The molecule has 5 amide bonds. The number of rotatable bonds is 16. The normalized spacial score (nSPS) is 18.7. The molecule has 1 aliphatic carbocycles. The smallest absolute Gasteiger partial charge is 0.404 e. The Kier molecular flexibility index (Phi) is 13.0. The maximum Gasteiger partial charge on any atom is 0.404 e. The first-order valence-corrected chi connectivity index (χ1v) is 18.6. The van der Waals surface area contributed by atoms with Crippen molar-refractivity contribution in [2.75, 3.05) is 13.1 Å². The Hall–Kier alpha value is -5.65. The van der Waals surface area contributed by atoms with Crippen LogP contribution in [-0.4, -0.2) is 102 Å². The van der Waals surface area contributed by atoms with E-state index >= 15 is 0 Å². The molecule has 3 heterocycles. The SMILES string of the molecule is CC(C)(O)c1cnnn1[C@H]1C[C@@H](C(=O)NC(CCCCNC(=O)O)C(=O)C(N)=O)N(C(=O)C(CC2CCCCC2)NC(=O)c2ccc3[nH]c(=O)ccc3c2)C1. The molecule has 0 spiro atoms. The summed E-state index contributed by atoms with van der Waals surface area (Å²) in [5.74, 6) is -3.98. The molecule has 5 rings (SSSR count). The second kappa shape index (κ2) is 17.7. The zero-order chi connectivity index (χ0) is 39.9. The second-order valence-electron chi connectivity index (χ2n) is 14.9. The maximum absolute atomic E-state index is 14.8. The predicted octanol–water partition coefficient (Wildman–Crippen LogP) is 1.24. The fourth-order valence-electron chi connectivity index (χ4n) is 7.53. The molecule has 4 atom stereocenters. The third-order valence-corrected chi connectivity index (χ3v) is 10.4. The van der Waals surface area contributed by atoms with Crippen LogP contribution in [0, 0.1) is 5.92 Å². The van der Waals surface area contributed by atoms with Crippen LogP contribution >= 0.6 is 0 Å². The van der Waals surface area contributed by atoms with Crippen LogP contribution in [0.2, 0.25) is 0 Å². The quantitative estimate of drug-likeness (QED) is 0.0805. The molecule has 55 heavy (non-hydrogen) atoms. The van der Waals surface area contributed by atoms with Gasteiger partial charge < -0.3 is 41.8 Å². The number of aromatic nitrogens is 4. The molecule has 3 aromatic rings. The van der Waals surface area contributed by atoms with Crippen LogP contribution in [0.1, 0.15) is 100 Å². The molecular weight excluding hydrogens is 714 g/mol. The van der Waals surface area contributed by atoms with E-state index in [0.29, 0.717) is 29.4 Å². The summed E-state index contributed by atoms with van der Waals surface area (Å²) in [6, 6.07) is 3.48. The third-order valence-electron chi connectivity index (χ3n) is 10.4. The van der Waals surface area contributed by atoms with E-state index in [1.165, 1.54) is 21.8 Å². The molecule has 18 heteroatoms. The summed E-state index contributed by atoms with van der Waals surface area (Å²) in [6.45, 7) is 3.13. The molecule has 0 radical (unpaired) electrons. The molecule has 8 N–H and O–H groups in total. The van der Waals surface area contributed by atoms with Crippen LogP contribution in [0.4, 0.5) is 4.79 Å².